The number of allylic oxidation sites excluding steroid dienone is 3. The second-order valence-electron chi connectivity index (χ2n) is 10.5. The highest BCUT2D eigenvalue weighted by molar-refractivity contribution is 6.23. The van der Waals surface area contributed by atoms with Crippen molar-refractivity contribution in [1.82, 2.24) is 15.1 Å². The first-order chi connectivity index (χ1) is 18.0. The lowest BCUT2D eigenvalue weighted by molar-refractivity contribution is -0.120. The van der Waals surface area contributed by atoms with Gasteiger partial charge in [-0.1, -0.05) is 12.8 Å². The zero-order valence-corrected chi connectivity index (χ0v) is 21.5. The van der Waals surface area contributed by atoms with Crippen LogP contribution in [0, 0.1) is 5.92 Å². The molecule has 37 heavy (non-hydrogen) atoms. The Morgan fingerprint density at radius 1 is 0.838 bits per heavy atom. The molecule has 0 spiro atoms. The Morgan fingerprint density at radius 2 is 1.46 bits per heavy atom. The highest BCUT2D eigenvalue weighted by Gasteiger charge is 2.31. The van der Waals surface area contributed by atoms with Crippen LogP contribution in [0.3, 0.4) is 0 Å². The summed E-state index contributed by atoms with van der Waals surface area (Å²) in [6, 6.07) is 5.27. The number of nitrogens with one attached hydrogen (secondary N) is 2. The number of ketones is 1. The number of Topliss-reactive ketones (excluding diaryl/α,β-unsaturated/α-hetero) is 1. The first kappa shape index (κ1) is 25.5. The summed E-state index contributed by atoms with van der Waals surface area (Å²) in [4.78, 5) is 47.6. The van der Waals surface area contributed by atoms with Gasteiger partial charge < -0.3 is 20.4 Å². The van der Waals surface area contributed by atoms with E-state index in [-0.39, 0.29) is 17.6 Å². The van der Waals surface area contributed by atoms with Gasteiger partial charge >= 0.3 is 0 Å². The minimum atomic E-state index is -0.514. The van der Waals surface area contributed by atoms with Crippen LogP contribution in [0.1, 0.15) is 61.7 Å². The summed E-state index contributed by atoms with van der Waals surface area (Å²) in [6.07, 6.45) is 13.7. The van der Waals surface area contributed by atoms with Crippen molar-refractivity contribution >= 4 is 34.7 Å². The van der Waals surface area contributed by atoms with Crippen LogP contribution in [0.2, 0.25) is 0 Å². The summed E-state index contributed by atoms with van der Waals surface area (Å²) in [5.41, 5.74) is 3.04. The number of aliphatic imine (C=N–C) groups is 1. The number of carbonyl (C=O) groups excluding carboxylic acids is 3. The molecule has 3 heterocycles. The van der Waals surface area contributed by atoms with Crippen LogP contribution in [-0.2, 0) is 9.59 Å². The van der Waals surface area contributed by atoms with Crippen LogP contribution < -0.4 is 10.6 Å². The molecule has 4 aliphatic rings. The Kier molecular flexibility index (Phi) is 8.26. The molecule has 1 unspecified atom stereocenters. The first-order valence-corrected chi connectivity index (χ1v) is 13.8. The van der Waals surface area contributed by atoms with E-state index in [1.54, 1.807) is 36.4 Å². The van der Waals surface area contributed by atoms with Crippen LogP contribution in [-0.4, -0.2) is 72.4 Å². The molecule has 1 atom stereocenters. The Balaban J connectivity index is 1.17. The fourth-order valence-electron chi connectivity index (χ4n) is 5.55. The quantitative estimate of drug-likeness (QED) is 0.562. The molecule has 1 aromatic carbocycles. The largest absolute Gasteiger partial charge is 0.326 e. The molecule has 1 aliphatic carbocycles. The van der Waals surface area contributed by atoms with Crippen LogP contribution in [0.15, 0.2) is 47.1 Å². The average molecular weight is 504 g/mol. The number of amides is 2. The number of anilines is 1. The van der Waals surface area contributed by atoms with E-state index in [1.165, 1.54) is 38.5 Å². The SMILES string of the molecule is O=C(CCN1CCCCC1)NC1=CC2C(=O)c3ccc(NC(=O)CCN4CCCCC4)cc3N=C2C=C1. The van der Waals surface area contributed by atoms with Gasteiger partial charge in [0.05, 0.1) is 17.3 Å². The number of hydrogen-bond donors (Lipinski definition) is 2. The van der Waals surface area contributed by atoms with Crippen molar-refractivity contribution < 1.29 is 14.4 Å². The van der Waals surface area contributed by atoms with Gasteiger partial charge in [-0.05, 0) is 88.3 Å². The normalized spacial score (nSPS) is 21.9. The zero-order chi connectivity index (χ0) is 25.6. The smallest absolute Gasteiger partial charge is 0.225 e. The van der Waals surface area contributed by atoms with Crippen LogP contribution in [0.4, 0.5) is 11.4 Å². The maximum atomic E-state index is 13.3. The van der Waals surface area contributed by atoms with E-state index in [9.17, 15) is 14.4 Å². The van der Waals surface area contributed by atoms with Gasteiger partial charge in [-0.25, -0.2) is 0 Å². The molecule has 3 aliphatic heterocycles. The van der Waals surface area contributed by atoms with Gasteiger partial charge in [0.15, 0.2) is 5.78 Å². The van der Waals surface area contributed by atoms with E-state index < -0.39 is 5.92 Å². The molecule has 2 saturated heterocycles. The van der Waals surface area contributed by atoms with Crippen molar-refractivity contribution in [2.24, 2.45) is 10.9 Å². The van der Waals surface area contributed by atoms with Crippen LogP contribution in [0.25, 0.3) is 0 Å². The molecule has 8 heteroatoms. The third-order valence-corrected chi connectivity index (χ3v) is 7.67. The molecule has 8 nitrogen and oxygen atoms in total. The number of fused-ring (bicyclic) bond motifs is 2. The van der Waals surface area contributed by atoms with E-state index in [0.717, 1.165) is 39.3 Å². The van der Waals surface area contributed by atoms with E-state index in [0.29, 0.717) is 41.2 Å². The Hall–Kier alpha value is -3.10. The monoisotopic (exact) mass is 503 g/mol. The highest BCUT2D eigenvalue weighted by Crippen LogP contribution is 2.34. The number of piperidine rings is 2. The standard InChI is InChI=1S/C29H37N5O3/c35-27(11-17-33-13-3-1-4-14-33)30-21-8-10-25-24(19-21)29(37)23-9-7-22(20-26(23)32-25)31-28(36)12-18-34-15-5-2-6-16-34/h7-10,19-20,24H,1-6,11-18H2,(H,30,35)(H,31,36). The fraction of sp³-hybridized carbons (Fsp3) is 0.517. The van der Waals surface area contributed by atoms with Crippen molar-refractivity contribution in [2.45, 2.75) is 51.4 Å². The van der Waals surface area contributed by atoms with Gasteiger partial charge in [0.1, 0.15) is 0 Å². The van der Waals surface area contributed by atoms with Gasteiger partial charge in [-0.2, -0.15) is 0 Å². The van der Waals surface area contributed by atoms with Crippen molar-refractivity contribution in [2.75, 3.05) is 44.6 Å². The van der Waals surface area contributed by atoms with Crippen molar-refractivity contribution in [3.63, 3.8) is 0 Å². The lowest BCUT2D eigenvalue weighted by Crippen LogP contribution is -2.35. The molecule has 2 N–H and O–H groups in total. The molecule has 0 saturated carbocycles. The number of carbonyl (C=O) groups is 3. The molecule has 2 fully saturated rings. The summed E-state index contributed by atoms with van der Waals surface area (Å²) in [7, 11) is 0. The van der Waals surface area contributed by atoms with Crippen LogP contribution in [0.5, 0.6) is 0 Å². The van der Waals surface area contributed by atoms with Crippen molar-refractivity contribution in [3.05, 3.63) is 47.7 Å². The number of hydrogen-bond acceptors (Lipinski definition) is 6. The fourth-order valence-corrected chi connectivity index (χ4v) is 5.55. The van der Waals surface area contributed by atoms with Gasteiger partial charge in [0.2, 0.25) is 11.8 Å². The third-order valence-electron chi connectivity index (χ3n) is 7.67. The number of likely N-dealkylation sites (tertiary alicyclic amines) is 2. The van der Waals surface area contributed by atoms with E-state index >= 15 is 0 Å². The maximum Gasteiger partial charge on any atom is 0.225 e. The average Bonchev–Trinajstić information content (AvgIpc) is 2.92. The molecule has 2 amide bonds. The zero-order valence-electron chi connectivity index (χ0n) is 21.5. The topological polar surface area (TPSA) is 94.1 Å². The van der Waals surface area contributed by atoms with E-state index in [4.69, 9.17) is 4.99 Å². The molecule has 0 bridgehead atoms. The summed E-state index contributed by atoms with van der Waals surface area (Å²) in [6.45, 7) is 5.80. The highest BCUT2D eigenvalue weighted by atomic mass is 16.2. The summed E-state index contributed by atoms with van der Waals surface area (Å²) in [5.74, 6) is -0.627. The second-order valence-corrected chi connectivity index (χ2v) is 10.5. The summed E-state index contributed by atoms with van der Waals surface area (Å²) in [5, 5.41) is 5.91. The Bertz CT molecular complexity index is 1130. The molecule has 196 valence electrons. The predicted octanol–water partition coefficient (Wildman–Crippen LogP) is 3.83. The maximum absolute atomic E-state index is 13.3. The molecule has 0 aromatic heterocycles. The molecular formula is C29H37N5O3. The second kappa shape index (κ2) is 12.0. The van der Waals surface area contributed by atoms with E-state index in [1.807, 2.05) is 0 Å². The van der Waals surface area contributed by atoms with Gasteiger partial charge in [-0.15, -0.1) is 0 Å². The first-order valence-electron chi connectivity index (χ1n) is 13.8. The molecule has 1 aromatic rings. The van der Waals surface area contributed by atoms with Crippen molar-refractivity contribution in [1.29, 1.82) is 0 Å². The number of nitrogens with zero attached hydrogens (tertiary/aromatic N) is 3. The minimum Gasteiger partial charge on any atom is -0.326 e. The third kappa shape index (κ3) is 6.62. The molecule has 5 rings (SSSR count). The van der Waals surface area contributed by atoms with Crippen LogP contribution >= 0.6 is 0 Å². The number of rotatable bonds is 8. The Labute approximate surface area is 218 Å². The van der Waals surface area contributed by atoms with Crippen molar-refractivity contribution in [3.8, 4) is 0 Å². The molecular weight excluding hydrogens is 466 g/mol. The van der Waals surface area contributed by atoms with Gasteiger partial charge in [-0.3, -0.25) is 19.4 Å². The summed E-state index contributed by atoms with van der Waals surface area (Å²) >= 11 is 0. The lowest BCUT2D eigenvalue weighted by atomic mass is 9.85. The lowest BCUT2D eigenvalue weighted by Gasteiger charge is -2.26. The predicted molar refractivity (Wildman–Crippen MR) is 145 cm³/mol. The van der Waals surface area contributed by atoms with E-state index in [2.05, 4.69) is 20.4 Å². The minimum absolute atomic E-state index is 0.0284. The summed E-state index contributed by atoms with van der Waals surface area (Å²) < 4.78 is 0. The molecule has 0 radical (unpaired) electrons. The van der Waals surface area contributed by atoms with Gasteiger partial charge in [0.25, 0.3) is 0 Å². The van der Waals surface area contributed by atoms with Gasteiger partial charge in [0, 0.05) is 42.9 Å². The number of benzene rings is 1. The Morgan fingerprint density at radius 3 is 2.11 bits per heavy atom.